The molecule has 1 saturated heterocycles. The number of hydrogen-bond donors (Lipinski definition) is 2. The largest absolute Gasteiger partial charge is 0.531 e. The van der Waals surface area contributed by atoms with Crippen molar-refractivity contribution in [2.24, 2.45) is 0 Å². The van der Waals surface area contributed by atoms with Crippen molar-refractivity contribution in [1.82, 2.24) is 4.90 Å². The van der Waals surface area contributed by atoms with Crippen LogP contribution >= 0.6 is 0 Å². The van der Waals surface area contributed by atoms with E-state index >= 15 is 0 Å². The number of phenols is 1. The Morgan fingerprint density at radius 1 is 1.24 bits per heavy atom. The van der Waals surface area contributed by atoms with Crippen LogP contribution in [-0.2, 0) is 5.54 Å². The smallest absolute Gasteiger partial charge is 0.508 e. The van der Waals surface area contributed by atoms with Gasteiger partial charge in [-0.1, -0.05) is 12.1 Å². The lowest BCUT2D eigenvalue weighted by molar-refractivity contribution is -0.898. The van der Waals surface area contributed by atoms with Crippen molar-refractivity contribution < 1.29 is 23.0 Å². The van der Waals surface area contributed by atoms with Gasteiger partial charge < -0.3 is 23.0 Å². The van der Waals surface area contributed by atoms with Gasteiger partial charge in [0.25, 0.3) is 0 Å². The van der Waals surface area contributed by atoms with Crippen LogP contribution in [0.25, 0.3) is 0 Å². The molecule has 2 rings (SSSR count). The second-order valence-electron chi connectivity index (χ2n) is 6.14. The molecule has 0 bridgehead atoms. The molecule has 0 saturated carbocycles. The monoisotopic (exact) mass is 302 g/mol. The van der Waals surface area contributed by atoms with Gasteiger partial charge in [-0.2, -0.15) is 0 Å². The molecule has 3 nitrogen and oxygen atoms in total. The predicted molar refractivity (Wildman–Crippen MR) is 77.3 cm³/mol. The van der Waals surface area contributed by atoms with Gasteiger partial charge >= 0.3 is 6.98 Å². The van der Waals surface area contributed by atoms with Crippen LogP contribution < -0.4 is 4.90 Å². The van der Waals surface area contributed by atoms with Crippen LogP contribution in [0, 0.1) is 0 Å². The van der Waals surface area contributed by atoms with Crippen LogP contribution in [-0.4, -0.2) is 50.6 Å². The highest BCUT2D eigenvalue weighted by atomic mass is 19.4. The Balaban J connectivity index is 2.16. The van der Waals surface area contributed by atoms with Gasteiger partial charge in [0.15, 0.2) is 0 Å². The quantitative estimate of drug-likeness (QED) is 0.819. The zero-order valence-corrected chi connectivity index (χ0v) is 12.5. The van der Waals surface area contributed by atoms with Crippen LogP contribution in [0.2, 0.25) is 0 Å². The van der Waals surface area contributed by atoms with E-state index in [2.05, 4.69) is 4.90 Å². The number of rotatable bonds is 4. The molecule has 1 aromatic carbocycles. The van der Waals surface area contributed by atoms with Crippen molar-refractivity contribution in [1.29, 1.82) is 0 Å². The molecule has 0 aliphatic carbocycles. The van der Waals surface area contributed by atoms with Gasteiger partial charge in [-0.15, -0.1) is 0 Å². The minimum atomic E-state index is -4.74. The van der Waals surface area contributed by atoms with Gasteiger partial charge in [0.2, 0.25) is 0 Å². The maximum Gasteiger partial charge on any atom is 0.531 e. The fourth-order valence-corrected chi connectivity index (χ4v) is 3.34. The summed E-state index contributed by atoms with van der Waals surface area (Å²) in [5.74, 6) is 0.196. The van der Waals surface area contributed by atoms with Crippen LogP contribution in [0.4, 0.5) is 12.9 Å². The van der Waals surface area contributed by atoms with E-state index in [9.17, 15) is 18.1 Å². The topological polar surface area (TPSA) is 27.9 Å². The summed E-state index contributed by atoms with van der Waals surface area (Å²) in [5, 5.41) is 9.67. The molecule has 2 N–H and O–H groups in total. The second kappa shape index (κ2) is 5.89. The maximum absolute atomic E-state index is 12.6. The molecule has 0 unspecified atom stereocenters. The summed E-state index contributed by atoms with van der Waals surface area (Å²) in [4.78, 5) is 2.68. The van der Waals surface area contributed by atoms with Crippen molar-refractivity contribution in [3.63, 3.8) is 0 Å². The molecular weight excluding hydrogens is 280 g/mol. The fourth-order valence-electron chi connectivity index (χ4n) is 3.34. The van der Waals surface area contributed by atoms with Gasteiger partial charge in [-0.25, -0.2) is 0 Å². The van der Waals surface area contributed by atoms with Gasteiger partial charge in [0.05, 0.1) is 25.1 Å². The van der Waals surface area contributed by atoms with E-state index in [4.69, 9.17) is 0 Å². The number of halogens is 3. The van der Waals surface area contributed by atoms with E-state index < -0.39 is 13.4 Å². The lowest BCUT2D eigenvalue weighted by atomic mass is 9.78. The zero-order chi connectivity index (χ0) is 15.7. The third-order valence-electron chi connectivity index (χ3n) is 4.54. The minimum Gasteiger partial charge on any atom is -0.508 e. The lowest BCUT2D eigenvalue weighted by Crippen LogP contribution is -3.15. The number of benzene rings is 1. The molecule has 0 amide bonds. The molecule has 1 aliphatic rings. The van der Waals surface area contributed by atoms with Crippen molar-refractivity contribution in [2.75, 3.05) is 33.6 Å². The molecule has 0 atom stereocenters. The SMILES string of the molecule is CN(C)C1(c2cccc(O)c2)CC[NH+](C[B-](F)(F)F)CC1. The predicted octanol–water partition coefficient (Wildman–Crippen LogP) is 1.21. The molecule has 0 radical (unpaired) electrons. The van der Waals surface area contributed by atoms with E-state index in [1.165, 1.54) is 0 Å². The first-order chi connectivity index (χ1) is 9.73. The van der Waals surface area contributed by atoms with Crippen LogP contribution in [0.1, 0.15) is 18.4 Å². The summed E-state index contributed by atoms with van der Waals surface area (Å²) >= 11 is 0. The number of piperidine rings is 1. The summed E-state index contributed by atoms with van der Waals surface area (Å²) in [5.41, 5.74) is 0.685. The van der Waals surface area contributed by atoms with E-state index in [1.807, 2.05) is 20.2 Å². The van der Waals surface area contributed by atoms with Crippen LogP contribution in [0.3, 0.4) is 0 Å². The highest BCUT2D eigenvalue weighted by Gasteiger charge is 2.42. The molecule has 1 fully saturated rings. The zero-order valence-electron chi connectivity index (χ0n) is 12.5. The van der Waals surface area contributed by atoms with Gasteiger partial charge in [-0.3, -0.25) is 4.90 Å². The molecule has 118 valence electrons. The highest BCUT2D eigenvalue weighted by Crippen LogP contribution is 2.35. The second-order valence-corrected chi connectivity index (χ2v) is 6.14. The Bertz CT molecular complexity index is 485. The molecule has 0 aromatic heterocycles. The van der Waals surface area contributed by atoms with Crippen molar-refractivity contribution >= 4 is 6.98 Å². The van der Waals surface area contributed by atoms with Gasteiger partial charge in [0.1, 0.15) is 5.75 Å². The normalized spacial score (nSPS) is 27.0. The van der Waals surface area contributed by atoms with E-state index in [0.717, 1.165) is 5.56 Å². The Kier molecular flexibility index (Phi) is 4.53. The van der Waals surface area contributed by atoms with E-state index in [1.54, 1.807) is 18.2 Å². The number of likely N-dealkylation sites (tertiary alicyclic amines) is 1. The van der Waals surface area contributed by atoms with Gasteiger partial charge in [-0.05, 0) is 31.8 Å². The molecule has 0 spiro atoms. The summed E-state index contributed by atoms with van der Waals surface area (Å²) in [6.07, 6.45) is 0.611. The Morgan fingerprint density at radius 2 is 1.86 bits per heavy atom. The molecule has 21 heavy (non-hydrogen) atoms. The van der Waals surface area contributed by atoms with Crippen molar-refractivity contribution in [2.45, 2.75) is 18.4 Å². The number of phenolic OH excluding ortho intramolecular Hbond substituents is 1. The lowest BCUT2D eigenvalue weighted by Gasteiger charge is -2.45. The average molecular weight is 302 g/mol. The number of hydrogen-bond acceptors (Lipinski definition) is 2. The standard InChI is InChI=1S/C14H21BF3N2O/c1-19(2)14(12-4-3-5-13(21)10-12)6-8-20(9-7-14)11-15(16,17)18/h3-5,10,21H,6-9,11H2,1-2H3/q-1/p+1. The summed E-state index contributed by atoms with van der Waals surface area (Å²) in [6, 6.07) is 7.06. The molecule has 1 heterocycles. The number of nitrogens with zero attached hydrogens (tertiary/aromatic N) is 1. The number of nitrogens with one attached hydrogen (secondary N) is 1. The molecule has 1 aromatic rings. The first-order valence-electron chi connectivity index (χ1n) is 7.24. The van der Waals surface area contributed by atoms with Crippen LogP contribution in [0.5, 0.6) is 5.75 Å². The molecule has 1 aliphatic heterocycles. The molecular formula is C14H22BF3N2O. The Morgan fingerprint density at radius 3 is 2.33 bits per heavy atom. The average Bonchev–Trinajstić information content (AvgIpc) is 2.37. The van der Waals surface area contributed by atoms with E-state index in [0.29, 0.717) is 30.8 Å². The molecule has 7 heteroatoms. The Labute approximate surface area is 123 Å². The Hall–Kier alpha value is -1.21. The number of quaternary nitrogens is 1. The summed E-state index contributed by atoms with van der Waals surface area (Å²) < 4.78 is 37.7. The van der Waals surface area contributed by atoms with Crippen LogP contribution in [0.15, 0.2) is 24.3 Å². The fraction of sp³-hybridized carbons (Fsp3) is 0.571. The third-order valence-corrected chi connectivity index (χ3v) is 4.54. The van der Waals surface area contributed by atoms with E-state index in [-0.39, 0.29) is 11.3 Å². The first-order valence-corrected chi connectivity index (χ1v) is 7.24. The van der Waals surface area contributed by atoms with Crippen molar-refractivity contribution in [3.05, 3.63) is 29.8 Å². The first kappa shape index (κ1) is 16.2. The number of aromatic hydroxyl groups is 1. The van der Waals surface area contributed by atoms with Gasteiger partial charge in [0, 0.05) is 12.8 Å². The maximum atomic E-state index is 12.6. The highest BCUT2D eigenvalue weighted by molar-refractivity contribution is 6.58. The van der Waals surface area contributed by atoms with Crippen molar-refractivity contribution in [3.8, 4) is 5.75 Å². The summed E-state index contributed by atoms with van der Waals surface area (Å²) in [6.45, 7) is -3.75. The third kappa shape index (κ3) is 3.71. The summed E-state index contributed by atoms with van der Waals surface area (Å²) in [7, 11) is 3.89. The minimum absolute atomic E-state index is 0.196.